The maximum absolute atomic E-state index is 13.2. The summed E-state index contributed by atoms with van der Waals surface area (Å²) in [5.41, 5.74) is 2.03. The first kappa shape index (κ1) is 21.7. The van der Waals surface area contributed by atoms with Crippen molar-refractivity contribution in [1.82, 2.24) is 14.7 Å². The van der Waals surface area contributed by atoms with Crippen LogP contribution in [0.25, 0.3) is 5.69 Å². The second kappa shape index (κ2) is 8.20. The molecule has 164 valence electrons. The second-order valence-corrected chi connectivity index (χ2v) is 7.63. The van der Waals surface area contributed by atoms with Gasteiger partial charge in [-0.15, -0.1) is 0 Å². The van der Waals surface area contributed by atoms with E-state index in [0.717, 1.165) is 24.2 Å². The zero-order valence-electron chi connectivity index (χ0n) is 16.7. The summed E-state index contributed by atoms with van der Waals surface area (Å²) in [6, 6.07) is 13.6. The van der Waals surface area contributed by atoms with Crippen molar-refractivity contribution in [3.8, 4) is 17.5 Å². The molecule has 1 aliphatic heterocycles. The molecule has 0 unspecified atom stereocenters. The van der Waals surface area contributed by atoms with Gasteiger partial charge in [0.05, 0.1) is 28.5 Å². The normalized spacial score (nSPS) is 14.1. The highest BCUT2D eigenvalue weighted by Gasteiger charge is 2.39. The lowest BCUT2D eigenvalue weighted by Gasteiger charge is -2.23. The lowest BCUT2D eigenvalue weighted by molar-refractivity contribution is -0.189. The van der Waals surface area contributed by atoms with Gasteiger partial charge >= 0.3 is 6.18 Å². The molecule has 0 saturated carbocycles. The number of benzene rings is 2. The van der Waals surface area contributed by atoms with Crippen LogP contribution in [0.2, 0.25) is 5.02 Å². The fourth-order valence-electron chi connectivity index (χ4n) is 3.37. The van der Waals surface area contributed by atoms with E-state index in [-0.39, 0.29) is 35.0 Å². The minimum Gasteiger partial charge on any atom is -0.480 e. The van der Waals surface area contributed by atoms with Crippen molar-refractivity contribution in [2.24, 2.45) is 0 Å². The molecule has 6 nitrogen and oxygen atoms in total. The van der Waals surface area contributed by atoms with Crippen molar-refractivity contribution >= 4 is 17.5 Å². The standard InChI is InChI=1S/C22H16ClF3N4O2/c1-13(22(24,25)26)32-18-8-7-14(9-27)20(23)19(18)21(31)29-10-15-11-30(28-17(15)12-29)16-5-3-2-4-6-16/h2-8,11,13H,10,12H2,1H3/t13-/m0/s1. The first-order valence-corrected chi connectivity index (χ1v) is 9.95. The van der Waals surface area contributed by atoms with E-state index in [4.69, 9.17) is 16.3 Å². The smallest absolute Gasteiger partial charge is 0.425 e. The molecule has 10 heteroatoms. The summed E-state index contributed by atoms with van der Waals surface area (Å²) in [6.07, 6.45) is -5.00. The summed E-state index contributed by atoms with van der Waals surface area (Å²) in [7, 11) is 0. The molecule has 2 heterocycles. The summed E-state index contributed by atoms with van der Waals surface area (Å²) < 4.78 is 45.8. The summed E-state index contributed by atoms with van der Waals surface area (Å²) in [5.74, 6) is -0.969. The number of carbonyl (C=O) groups is 1. The van der Waals surface area contributed by atoms with Crippen LogP contribution in [-0.2, 0) is 13.1 Å². The maximum Gasteiger partial charge on any atom is 0.425 e. The number of ether oxygens (including phenoxy) is 1. The number of para-hydroxylation sites is 1. The SMILES string of the molecule is C[C@H](Oc1ccc(C#N)c(Cl)c1C(=O)N1Cc2cn(-c3ccccc3)nc2C1)C(F)(F)F. The number of hydrogen-bond donors (Lipinski definition) is 0. The number of nitrogens with zero attached hydrogens (tertiary/aromatic N) is 4. The number of rotatable bonds is 4. The molecular formula is C22H16ClF3N4O2. The van der Waals surface area contributed by atoms with Gasteiger partial charge in [-0.05, 0) is 31.2 Å². The van der Waals surface area contributed by atoms with Gasteiger partial charge in [0.2, 0.25) is 0 Å². The Morgan fingerprint density at radius 3 is 2.56 bits per heavy atom. The first-order chi connectivity index (χ1) is 15.2. The molecule has 32 heavy (non-hydrogen) atoms. The topological polar surface area (TPSA) is 71.2 Å². The molecule has 0 N–H and O–H groups in total. The number of carbonyl (C=O) groups excluding carboxylic acids is 1. The van der Waals surface area contributed by atoms with Crippen molar-refractivity contribution in [3.05, 3.63) is 76.1 Å². The minimum atomic E-state index is -4.63. The third-order valence-electron chi connectivity index (χ3n) is 5.09. The zero-order chi connectivity index (χ0) is 23.0. The van der Waals surface area contributed by atoms with Crippen LogP contribution in [0, 0.1) is 11.3 Å². The number of halogens is 4. The molecule has 4 rings (SSSR count). The average Bonchev–Trinajstić information content (AvgIpc) is 3.33. The molecule has 0 radical (unpaired) electrons. The Morgan fingerprint density at radius 1 is 1.22 bits per heavy atom. The fourth-order valence-corrected chi connectivity index (χ4v) is 3.65. The number of fused-ring (bicyclic) bond motifs is 1. The van der Waals surface area contributed by atoms with Crippen molar-refractivity contribution in [2.75, 3.05) is 0 Å². The Labute approximate surface area is 186 Å². The molecule has 3 aromatic rings. The van der Waals surface area contributed by atoms with Gasteiger partial charge in [-0.2, -0.15) is 23.5 Å². The van der Waals surface area contributed by atoms with E-state index in [9.17, 15) is 23.2 Å². The molecule has 1 atom stereocenters. The van der Waals surface area contributed by atoms with Crippen molar-refractivity contribution in [3.63, 3.8) is 0 Å². The molecule has 0 spiro atoms. The van der Waals surface area contributed by atoms with Gasteiger partial charge in [0, 0.05) is 18.3 Å². The monoisotopic (exact) mass is 460 g/mol. The Bertz CT molecular complexity index is 1190. The van der Waals surface area contributed by atoms with E-state index in [1.807, 2.05) is 36.4 Å². The fraction of sp³-hybridized carbons (Fsp3) is 0.227. The Kier molecular flexibility index (Phi) is 5.57. The summed E-state index contributed by atoms with van der Waals surface area (Å²) >= 11 is 6.22. The van der Waals surface area contributed by atoms with Crippen molar-refractivity contribution in [1.29, 1.82) is 5.26 Å². The van der Waals surface area contributed by atoms with Gasteiger partial charge in [-0.1, -0.05) is 29.8 Å². The summed E-state index contributed by atoms with van der Waals surface area (Å²) in [5, 5.41) is 13.5. The van der Waals surface area contributed by atoms with Gasteiger partial charge < -0.3 is 9.64 Å². The maximum atomic E-state index is 13.2. The third kappa shape index (κ3) is 4.01. The minimum absolute atomic E-state index is 0.0340. The van der Waals surface area contributed by atoms with Crippen LogP contribution in [0.4, 0.5) is 13.2 Å². The van der Waals surface area contributed by atoms with Gasteiger partial charge in [0.15, 0.2) is 6.10 Å². The lowest BCUT2D eigenvalue weighted by atomic mass is 10.1. The van der Waals surface area contributed by atoms with Crippen LogP contribution in [0.5, 0.6) is 5.75 Å². The van der Waals surface area contributed by atoms with Crippen LogP contribution >= 0.6 is 11.6 Å². The summed E-state index contributed by atoms with van der Waals surface area (Å²) in [6.45, 7) is 1.18. The van der Waals surface area contributed by atoms with Crippen LogP contribution in [0.15, 0.2) is 48.7 Å². The number of hydrogen-bond acceptors (Lipinski definition) is 4. The molecular weight excluding hydrogens is 445 g/mol. The van der Waals surface area contributed by atoms with Crippen LogP contribution in [0.3, 0.4) is 0 Å². The number of amides is 1. The Balaban J connectivity index is 1.62. The lowest BCUT2D eigenvalue weighted by Crippen LogP contribution is -2.33. The van der Waals surface area contributed by atoms with Crippen molar-refractivity contribution < 1.29 is 22.7 Å². The number of nitriles is 1. The van der Waals surface area contributed by atoms with E-state index < -0.39 is 18.2 Å². The molecule has 1 amide bonds. The van der Waals surface area contributed by atoms with E-state index in [1.54, 1.807) is 10.9 Å². The van der Waals surface area contributed by atoms with Crippen molar-refractivity contribution in [2.45, 2.75) is 32.3 Å². The molecule has 0 saturated heterocycles. The van der Waals surface area contributed by atoms with Gasteiger partial charge in [0.1, 0.15) is 17.4 Å². The molecule has 2 aromatic carbocycles. The third-order valence-corrected chi connectivity index (χ3v) is 5.48. The quantitative estimate of drug-likeness (QED) is 0.556. The van der Waals surface area contributed by atoms with Gasteiger partial charge in [0.25, 0.3) is 5.91 Å². The second-order valence-electron chi connectivity index (χ2n) is 7.26. The largest absolute Gasteiger partial charge is 0.480 e. The first-order valence-electron chi connectivity index (χ1n) is 9.57. The molecule has 1 aromatic heterocycles. The molecule has 0 fully saturated rings. The van der Waals surface area contributed by atoms with Crippen LogP contribution in [0.1, 0.15) is 34.1 Å². The summed E-state index contributed by atoms with van der Waals surface area (Å²) in [4.78, 5) is 14.6. The van der Waals surface area contributed by atoms with Crippen LogP contribution in [-0.4, -0.2) is 32.9 Å². The van der Waals surface area contributed by atoms with E-state index >= 15 is 0 Å². The Morgan fingerprint density at radius 2 is 1.94 bits per heavy atom. The number of alkyl halides is 3. The van der Waals surface area contributed by atoms with Crippen LogP contribution < -0.4 is 4.74 Å². The average molecular weight is 461 g/mol. The molecule has 0 aliphatic carbocycles. The van der Waals surface area contributed by atoms with E-state index in [2.05, 4.69) is 5.10 Å². The predicted molar refractivity (Wildman–Crippen MR) is 109 cm³/mol. The predicted octanol–water partition coefficient (Wildman–Crippen LogP) is 4.88. The Hall–Kier alpha value is -3.51. The van der Waals surface area contributed by atoms with Gasteiger partial charge in [-0.3, -0.25) is 4.79 Å². The highest BCUT2D eigenvalue weighted by molar-refractivity contribution is 6.35. The highest BCUT2D eigenvalue weighted by atomic mass is 35.5. The number of aromatic nitrogens is 2. The zero-order valence-corrected chi connectivity index (χ0v) is 17.5. The molecule has 0 bridgehead atoms. The van der Waals surface area contributed by atoms with E-state index in [1.165, 1.54) is 11.0 Å². The molecule has 1 aliphatic rings. The highest BCUT2D eigenvalue weighted by Crippen LogP contribution is 2.35. The van der Waals surface area contributed by atoms with E-state index in [0.29, 0.717) is 5.69 Å². The van der Waals surface area contributed by atoms with Gasteiger partial charge in [-0.25, -0.2) is 4.68 Å².